The summed E-state index contributed by atoms with van der Waals surface area (Å²) in [6, 6.07) is 5.59. The highest BCUT2D eigenvalue weighted by molar-refractivity contribution is 5.96. The van der Waals surface area contributed by atoms with E-state index >= 15 is 0 Å². The predicted molar refractivity (Wildman–Crippen MR) is 60.3 cm³/mol. The molecular weight excluding hydrogens is 220 g/mol. The van der Waals surface area contributed by atoms with Crippen molar-refractivity contribution in [3.05, 3.63) is 29.3 Å². The number of benzene rings is 1. The SMILES string of the molecule is O=C(CC1OCCO1)c1ccc2c(c1)CCO2. The number of carbonyl (C=O) groups excluding carboxylic acids is 1. The number of hydrogen-bond acceptors (Lipinski definition) is 4. The van der Waals surface area contributed by atoms with Crippen LogP contribution in [0.5, 0.6) is 5.75 Å². The van der Waals surface area contributed by atoms with Crippen LogP contribution in [0, 0.1) is 0 Å². The Labute approximate surface area is 99.5 Å². The summed E-state index contributed by atoms with van der Waals surface area (Å²) in [6.45, 7) is 1.87. The summed E-state index contributed by atoms with van der Waals surface area (Å²) in [5.74, 6) is 0.960. The Balaban J connectivity index is 1.72. The highest BCUT2D eigenvalue weighted by Gasteiger charge is 2.21. The molecule has 0 saturated carbocycles. The second-order valence-corrected chi connectivity index (χ2v) is 4.22. The van der Waals surface area contributed by atoms with Gasteiger partial charge in [0, 0.05) is 12.0 Å². The molecule has 0 unspecified atom stereocenters. The average Bonchev–Trinajstić information content (AvgIpc) is 2.97. The van der Waals surface area contributed by atoms with Crippen molar-refractivity contribution in [3.8, 4) is 5.75 Å². The van der Waals surface area contributed by atoms with Crippen molar-refractivity contribution >= 4 is 5.78 Å². The van der Waals surface area contributed by atoms with Crippen LogP contribution in [0.25, 0.3) is 0 Å². The molecule has 17 heavy (non-hydrogen) atoms. The van der Waals surface area contributed by atoms with Crippen molar-refractivity contribution < 1.29 is 19.0 Å². The molecule has 0 spiro atoms. The number of hydrogen-bond donors (Lipinski definition) is 0. The fourth-order valence-electron chi connectivity index (χ4n) is 2.15. The number of carbonyl (C=O) groups is 1. The van der Waals surface area contributed by atoms with Crippen molar-refractivity contribution in [2.24, 2.45) is 0 Å². The number of rotatable bonds is 3. The second-order valence-electron chi connectivity index (χ2n) is 4.22. The first-order valence-corrected chi connectivity index (χ1v) is 5.85. The lowest BCUT2D eigenvalue weighted by atomic mass is 10.0. The van der Waals surface area contributed by atoms with Gasteiger partial charge in [-0.25, -0.2) is 0 Å². The molecule has 4 nitrogen and oxygen atoms in total. The van der Waals surface area contributed by atoms with E-state index in [1.165, 1.54) is 0 Å². The zero-order valence-corrected chi connectivity index (χ0v) is 9.48. The molecule has 0 amide bonds. The average molecular weight is 234 g/mol. The first-order chi connectivity index (χ1) is 8.33. The van der Waals surface area contributed by atoms with Gasteiger partial charge in [-0.05, 0) is 23.8 Å². The lowest BCUT2D eigenvalue weighted by Crippen LogP contribution is -2.14. The number of ether oxygens (including phenoxy) is 3. The van der Waals surface area contributed by atoms with Gasteiger partial charge >= 0.3 is 0 Å². The minimum Gasteiger partial charge on any atom is -0.493 e. The smallest absolute Gasteiger partial charge is 0.167 e. The molecule has 1 fully saturated rings. The summed E-state index contributed by atoms with van der Waals surface area (Å²) in [4.78, 5) is 12.0. The van der Waals surface area contributed by atoms with E-state index < -0.39 is 0 Å². The summed E-state index contributed by atoms with van der Waals surface area (Å²) < 4.78 is 15.9. The minimum absolute atomic E-state index is 0.0617. The van der Waals surface area contributed by atoms with E-state index in [9.17, 15) is 4.79 Å². The second kappa shape index (κ2) is 4.47. The van der Waals surface area contributed by atoms with Gasteiger partial charge < -0.3 is 14.2 Å². The maximum Gasteiger partial charge on any atom is 0.167 e. The maximum atomic E-state index is 12.0. The molecule has 2 aliphatic rings. The van der Waals surface area contributed by atoms with E-state index in [1.807, 2.05) is 12.1 Å². The van der Waals surface area contributed by atoms with E-state index in [4.69, 9.17) is 14.2 Å². The van der Waals surface area contributed by atoms with Gasteiger partial charge in [0.15, 0.2) is 12.1 Å². The molecule has 0 atom stereocenters. The third-order valence-electron chi connectivity index (χ3n) is 3.05. The minimum atomic E-state index is -0.369. The zero-order chi connectivity index (χ0) is 11.7. The predicted octanol–water partition coefficient (Wildman–Crippen LogP) is 1.57. The molecule has 2 heterocycles. The van der Waals surface area contributed by atoms with Gasteiger partial charge in [-0.2, -0.15) is 0 Å². The molecular formula is C13H14O4. The number of Topliss-reactive ketones (excluding diaryl/α,β-unsaturated/α-hetero) is 1. The summed E-state index contributed by atoms with van der Waals surface area (Å²) >= 11 is 0. The van der Waals surface area contributed by atoms with Crippen LogP contribution in [0.1, 0.15) is 22.3 Å². The fourth-order valence-corrected chi connectivity index (χ4v) is 2.15. The van der Waals surface area contributed by atoms with E-state index in [1.54, 1.807) is 6.07 Å². The topological polar surface area (TPSA) is 44.8 Å². The lowest BCUT2D eigenvalue weighted by molar-refractivity contribution is -0.0407. The van der Waals surface area contributed by atoms with Crippen molar-refractivity contribution in [2.75, 3.05) is 19.8 Å². The molecule has 1 saturated heterocycles. The first-order valence-electron chi connectivity index (χ1n) is 5.85. The lowest BCUT2D eigenvalue weighted by Gasteiger charge is -2.08. The Kier molecular flexibility index (Phi) is 2.82. The third kappa shape index (κ3) is 2.18. The van der Waals surface area contributed by atoms with Gasteiger partial charge in [0.2, 0.25) is 0 Å². The van der Waals surface area contributed by atoms with E-state index in [2.05, 4.69) is 0 Å². The molecule has 0 radical (unpaired) electrons. The summed E-state index contributed by atoms with van der Waals surface area (Å²) in [6.07, 6.45) is 0.805. The summed E-state index contributed by atoms with van der Waals surface area (Å²) in [5, 5.41) is 0. The fraction of sp³-hybridized carbons (Fsp3) is 0.462. The monoisotopic (exact) mass is 234 g/mol. The highest BCUT2D eigenvalue weighted by atomic mass is 16.7. The van der Waals surface area contributed by atoms with E-state index in [-0.39, 0.29) is 12.1 Å². The van der Waals surface area contributed by atoms with Gasteiger partial charge in [0.1, 0.15) is 5.75 Å². The quantitative estimate of drug-likeness (QED) is 0.745. The molecule has 4 heteroatoms. The summed E-state index contributed by atoms with van der Waals surface area (Å²) in [5.41, 5.74) is 1.83. The molecule has 2 aliphatic heterocycles. The van der Waals surface area contributed by atoms with Crippen LogP contribution in [-0.2, 0) is 15.9 Å². The van der Waals surface area contributed by atoms with Crippen molar-refractivity contribution in [2.45, 2.75) is 19.1 Å². The molecule has 0 aromatic heterocycles. The van der Waals surface area contributed by atoms with Crippen molar-refractivity contribution in [1.29, 1.82) is 0 Å². The molecule has 90 valence electrons. The van der Waals surface area contributed by atoms with Crippen LogP contribution >= 0.6 is 0 Å². The standard InChI is InChI=1S/C13H14O4/c14-11(8-13-16-5-6-17-13)9-1-2-12-10(7-9)3-4-15-12/h1-2,7,13H,3-6,8H2. The van der Waals surface area contributed by atoms with Gasteiger partial charge in [0.05, 0.1) is 26.2 Å². The Morgan fingerprint density at radius 2 is 2.06 bits per heavy atom. The van der Waals surface area contributed by atoms with Crippen molar-refractivity contribution in [3.63, 3.8) is 0 Å². The van der Waals surface area contributed by atoms with Gasteiger partial charge in [-0.3, -0.25) is 4.79 Å². The molecule has 0 aliphatic carbocycles. The van der Waals surface area contributed by atoms with E-state index in [0.29, 0.717) is 31.8 Å². The first kappa shape index (κ1) is 10.7. The largest absolute Gasteiger partial charge is 0.493 e. The van der Waals surface area contributed by atoms with E-state index in [0.717, 1.165) is 17.7 Å². The van der Waals surface area contributed by atoms with Crippen LogP contribution in [-0.4, -0.2) is 31.9 Å². The Hall–Kier alpha value is -1.39. The van der Waals surface area contributed by atoms with Crippen LogP contribution in [0.15, 0.2) is 18.2 Å². The molecule has 0 N–H and O–H groups in total. The van der Waals surface area contributed by atoms with Gasteiger partial charge in [-0.1, -0.05) is 0 Å². The molecule has 1 aromatic rings. The molecule has 1 aromatic carbocycles. The van der Waals surface area contributed by atoms with Crippen LogP contribution in [0.4, 0.5) is 0 Å². The summed E-state index contributed by atoms with van der Waals surface area (Å²) in [7, 11) is 0. The van der Waals surface area contributed by atoms with Gasteiger partial charge in [-0.15, -0.1) is 0 Å². The van der Waals surface area contributed by atoms with Crippen LogP contribution in [0.3, 0.4) is 0 Å². The Morgan fingerprint density at radius 3 is 2.88 bits per heavy atom. The van der Waals surface area contributed by atoms with Crippen molar-refractivity contribution in [1.82, 2.24) is 0 Å². The Morgan fingerprint density at radius 1 is 1.24 bits per heavy atom. The highest BCUT2D eigenvalue weighted by Crippen LogP contribution is 2.26. The van der Waals surface area contributed by atoms with Gasteiger partial charge in [0.25, 0.3) is 0 Å². The number of ketones is 1. The number of fused-ring (bicyclic) bond motifs is 1. The third-order valence-corrected chi connectivity index (χ3v) is 3.05. The maximum absolute atomic E-state index is 12.0. The zero-order valence-electron chi connectivity index (χ0n) is 9.48. The normalized spacial score (nSPS) is 19.1. The molecule has 3 rings (SSSR count). The van der Waals surface area contributed by atoms with Crippen LogP contribution in [0.2, 0.25) is 0 Å². The van der Waals surface area contributed by atoms with Crippen LogP contribution < -0.4 is 4.74 Å². The Bertz CT molecular complexity index is 435. The molecule has 0 bridgehead atoms.